The van der Waals surface area contributed by atoms with Gasteiger partial charge in [0.25, 0.3) is 5.91 Å². The number of amides is 1. The molecule has 13 heteroatoms. The fraction of sp³-hybridized carbons (Fsp3) is 0.267. The van der Waals surface area contributed by atoms with E-state index >= 15 is 0 Å². The minimum Gasteiger partial charge on any atom is -0.508 e. The van der Waals surface area contributed by atoms with Crippen LogP contribution in [-0.2, 0) is 9.47 Å². The number of benzene rings is 3. The lowest BCUT2D eigenvalue weighted by Crippen LogP contribution is -2.45. The zero-order valence-corrected chi connectivity index (χ0v) is 23.9. The van der Waals surface area contributed by atoms with Crippen LogP contribution in [0.1, 0.15) is 20.7 Å². The number of rotatable bonds is 15. The Morgan fingerprint density at radius 2 is 1.37 bits per heavy atom. The number of carboxylic acid groups (broad SMARTS) is 1. The van der Waals surface area contributed by atoms with Crippen molar-refractivity contribution in [3.63, 3.8) is 0 Å². The van der Waals surface area contributed by atoms with E-state index < -0.39 is 5.97 Å². The van der Waals surface area contributed by atoms with Crippen molar-refractivity contribution in [2.24, 2.45) is 9.98 Å². The van der Waals surface area contributed by atoms with E-state index in [2.05, 4.69) is 36.6 Å². The summed E-state index contributed by atoms with van der Waals surface area (Å²) in [5.74, 6) is -0.162. The minimum atomic E-state index is -0.992. The van der Waals surface area contributed by atoms with E-state index in [9.17, 15) is 14.7 Å². The van der Waals surface area contributed by atoms with Crippen LogP contribution in [0.5, 0.6) is 5.75 Å². The number of nitrogens with zero attached hydrogens (tertiary/aromatic N) is 2. The summed E-state index contributed by atoms with van der Waals surface area (Å²) in [6.45, 7) is 2.63. The number of aliphatic imine (C=N–C) groups is 2. The fourth-order valence-electron chi connectivity index (χ4n) is 3.52. The number of carbonyl (C=O) groups excluding carboxylic acids is 1. The molecule has 0 aliphatic heterocycles. The molecule has 0 radical (unpaired) electrons. The van der Waals surface area contributed by atoms with Gasteiger partial charge in [-0.25, -0.2) is 9.79 Å². The number of hydrogen-bond acceptors (Lipinski definition) is 8. The first-order valence-electron chi connectivity index (χ1n) is 13.6. The molecule has 3 rings (SSSR count). The number of nitrogens with one attached hydrogen (secondary N) is 5. The van der Waals surface area contributed by atoms with Crippen LogP contribution in [0.4, 0.5) is 11.4 Å². The maximum absolute atomic E-state index is 12.0. The molecule has 0 unspecified atom stereocenters. The molecule has 3 aromatic rings. The van der Waals surface area contributed by atoms with E-state index in [-0.39, 0.29) is 23.9 Å². The Balaban J connectivity index is 1.37. The molecule has 43 heavy (non-hydrogen) atoms. The van der Waals surface area contributed by atoms with Gasteiger partial charge in [-0.15, -0.1) is 0 Å². The molecule has 13 nitrogen and oxygen atoms in total. The number of carbonyl (C=O) groups is 2. The summed E-state index contributed by atoms with van der Waals surface area (Å²) < 4.78 is 11.1. The topological polar surface area (TPSA) is 178 Å². The first kappa shape index (κ1) is 32.4. The average molecular weight is 592 g/mol. The molecule has 0 atom stereocenters. The summed E-state index contributed by atoms with van der Waals surface area (Å²) in [6, 6.07) is 21.9. The largest absolute Gasteiger partial charge is 0.508 e. The van der Waals surface area contributed by atoms with Crippen LogP contribution < -0.4 is 26.6 Å². The van der Waals surface area contributed by atoms with Crippen molar-refractivity contribution < 1.29 is 29.3 Å². The molecule has 228 valence electrons. The molecule has 7 N–H and O–H groups in total. The van der Waals surface area contributed by atoms with Crippen LogP contribution in [0, 0.1) is 0 Å². The van der Waals surface area contributed by atoms with E-state index in [1.54, 1.807) is 55.6 Å². The summed E-state index contributed by atoms with van der Waals surface area (Å²) in [5, 5.41) is 34.0. The fourth-order valence-corrected chi connectivity index (χ4v) is 3.52. The van der Waals surface area contributed by atoms with Gasteiger partial charge in [0.05, 0.1) is 32.0 Å². The van der Waals surface area contributed by atoms with Crippen LogP contribution in [0.2, 0.25) is 0 Å². The highest BCUT2D eigenvalue weighted by Crippen LogP contribution is 2.14. The monoisotopic (exact) mass is 591 g/mol. The van der Waals surface area contributed by atoms with Gasteiger partial charge in [0.2, 0.25) is 5.96 Å². The number of hydrogen-bond donors (Lipinski definition) is 7. The van der Waals surface area contributed by atoms with E-state index in [0.717, 1.165) is 0 Å². The highest BCUT2D eigenvalue weighted by atomic mass is 16.5. The highest BCUT2D eigenvalue weighted by Gasteiger charge is 2.06. The molecular weight excluding hydrogens is 554 g/mol. The molecular formula is C30H37N7O6. The van der Waals surface area contributed by atoms with Crippen molar-refractivity contribution in [3.05, 3.63) is 90.0 Å². The van der Waals surface area contributed by atoms with Gasteiger partial charge in [0.15, 0.2) is 5.96 Å². The zero-order valence-electron chi connectivity index (χ0n) is 23.9. The second-order valence-corrected chi connectivity index (χ2v) is 8.87. The summed E-state index contributed by atoms with van der Waals surface area (Å²) in [4.78, 5) is 31.8. The Hall–Kier alpha value is -5.14. The van der Waals surface area contributed by atoms with E-state index in [0.29, 0.717) is 68.4 Å². The Labute approximate surface area is 250 Å². The van der Waals surface area contributed by atoms with Gasteiger partial charge in [0.1, 0.15) is 12.4 Å². The van der Waals surface area contributed by atoms with Crippen molar-refractivity contribution in [3.8, 4) is 5.75 Å². The van der Waals surface area contributed by atoms with Gasteiger partial charge in [-0.05, 0) is 60.7 Å². The molecule has 0 heterocycles. The number of anilines is 2. The predicted octanol–water partition coefficient (Wildman–Crippen LogP) is 2.56. The van der Waals surface area contributed by atoms with Crippen molar-refractivity contribution in [2.45, 2.75) is 0 Å². The predicted molar refractivity (Wildman–Crippen MR) is 166 cm³/mol. The van der Waals surface area contributed by atoms with Crippen LogP contribution in [-0.4, -0.2) is 87.2 Å². The highest BCUT2D eigenvalue weighted by molar-refractivity contribution is 6.05. The molecule has 0 aliphatic rings. The number of carboxylic acids is 1. The van der Waals surface area contributed by atoms with Crippen LogP contribution in [0.25, 0.3) is 0 Å². The number of phenolic OH excluding ortho intramolecular Hbond substituents is 1. The normalized spacial score (nSPS) is 11.5. The molecule has 1 amide bonds. The quantitative estimate of drug-likeness (QED) is 0.0601. The van der Waals surface area contributed by atoms with Crippen molar-refractivity contribution in [2.75, 3.05) is 63.9 Å². The second-order valence-electron chi connectivity index (χ2n) is 8.87. The molecule has 0 saturated carbocycles. The minimum absolute atomic E-state index is 0.136. The van der Waals surface area contributed by atoms with E-state index in [1.165, 1.54) is 12.1 Å². The summed E-state index contributed by atoms with van der Waals surface area (Å²) in [5.41, 5.74) is 2.20. The number of guanidine groups is 2. The third-order valence-corrected chi connectivity index (χ3v) is 5.72. The van der Waals surface area contributed by atoms with Crippen molar-refractivity contribution in [1.82, 2.24) is 16.0 Å². The second kappa shape index (κ2) is 18.3. The summed E-state index contributed by atoms with van der Waals surface area (Å²) in [6.07, 6.45) is 0. The van der Waals surface area contributed by atoms with E-state index in [1.807, 2.05) is 18.2 Å². The lowest BCUT2D eigenvalue weighted by atomic mass is 10.2. The van der Waals surface area contributed by atoms with Crippen LogP contribution >= 0.6 is 0 Å². The third-order valence-electron chi connectivity index (χ3n) is 5.72. The maximum atomic E-state index is 12.0. The smallest absolute Gasteiger partial charge is 0.335 e. The molecule has 0 aliphatic carbocycles. The van der Waals surface area contributed by atoms with Crippen molar-refractivity contribution >= 4 is 35.2 Å². The molecule has 0 saturated heterocycles. The van der Waals surface area contributed by atoms with Crippen LogP contribution in [0.15, 0.2) is 88.8 Å². The van der Waals surface area contributed by atoms with Crippen LogP contribution in [0.3, 0.4) is 0 Å². The van der Waals surface area contributed by atoms with Gasteiger partial charge in [-0.2, -0.15) is 0 Å². The van der Waals surface area contributed by atoms with E-state index in [4.69, 9.17) is 14.6 Å². The third kappa shape index (κ3) is 12.5. The number of ether oxygens (including phenoxy) is 2. The lowest BCUT2D eigenvalue weighted by Gasteiger charge is -2.16. The Morgan fingerprint density at radius 1 is 0.744 bits per heavy atom. The number of aromatic carboxylic acids is 1. The average Bonchev–Trinajstić information content (AvgIpc) is 3.02. The standard InChI is InChI=1S/C30H37N7O6/c1-31-29(33-16-18-43-20-19-42-17-15-32-27(39)22-5-3-2-4-6-22)37-30(36-25-11-13-26(38)14-12-25)35-21-34-24-9-7-23(8-10-24)28(40)41/h2-14,34,38H,15-21H2,1H3,(H,32,39)(H,40,41)(H3,31,33,35,36,37). The summed E-state index contributed by atoms with van der Waals surface area (Å²) >= 11 is 0. The van der Waals surface area contributed by atoms with Gasteiger partial charge >= 0.3 is 5.97 Å². The Morgan fingerprint density at radius 3 is 2.00 bits per heavy atom. The molecule has 0 aromatic heterocycles. The van der Waals surface area contributed by atoms with Crippen molar-refractivity contribution in [1.29, 1.82) is 0 Å². The molecule has 3 aromatic carbocycles. The Bertz CT molecular complexity index is 1330. The SMILES string of the molecule is CN=C(NCCOCCOCCNC(=O)c1ccccc1)NC(=NCNc1ccc(C(=O)O)cc1)Nc1ccc(O)cc1. The number of aromatic hydroxyl groups is 1. The maximum Gasteiger partial charge on any atom is 0.335 e. The van der Waals surface area contributed by atoms with Gasteiger partial charge < -0.3 is 41.0 Å². The van der Waals surface area contributed by atoms with Gasteiger partial charge in [-0.3, -0.25) is 15.1 Å². The molecule has 0 spiro atoms. The molecule has 0 bridgehead atoms. The van der Waals surface area contributed by atoms with Gasteiger partial charge in [-0.1, -0.05) is 18.2 Å². The van der Waals surface area contributed by atoms with Gasteiger partial charge in [0, 0.05) is 37.1 Å². The first-order valence-corrected chi connectivity index (χ1v) is 13.6. The zero-order chi connectivity index (χ0) is 30.7. The Kier molecular flexibility index (Phi) is 13.8. The lowest BCUT2D eigenvalue weighted by molar-refractivity contribution is 0.0502. The summed E-state index contributed by atoms with van der Waals surface area (Å²) in [7, 11) is 1.63. The number of phenols is 1. The molecule has 0 fully saturated rings. The first-order chi connectivity index (χ1) is 20.9.